The van der Waals surface area contributed by atoms with Crippen LogP contribution in [0, 0.1) is 0 Å². The van der Waals surface area contributed by atoms with Gasteiger partial charge in [-0.1, -0.05) is 0 Å². The van der Waals surface area contributed by atoms with Crippen LogP contribution in [0.25, 0.3) is 5.69 Å². The molecular weight excluding hydrogens is 256 g/mol. The number of ether oxygens (including phenoxy) is 1. The van der Waals surface area contributed by atoms with Crippen molar-refractivity contribution in [3.05, 3.63) is 42.2 Å². The number of aromatic nitrogens is 2. The molecule has 0 bridgehead atoms. The number of carbonyl (C=O) groups is 1. The van der Waals surface area contributed by atoms with Crippen LogP contribution < -0.4 is 11.1 Å². The smallest absolute Gasteiger partial charge is 0.271 e. The third-order valence-corrected chi connectivity index (χ3v) is 2.79. The molecule has 2 rings (SSSR count). The lowest BCUT2D eigenvalue weighted by molar-refractivity contribution is 0.0943. The van der Waals surface area contributed by atoms with E-state index in [1.54, 1.807) is 36.2 Å². The van der Waals surface area contributed by atoms with Crippen LogP contribution in [0.1, 0.15) is 16.9 Å². The molecule has 0 unspecified atom stereocenters. The molecule has 0 aliphatic heterocycles. The van der Waals surface area contributed by atoms with Gasteiger partial charge >= 0.3 is 0 Å². The van der Waals surface area contributed by atoms with Crippen LogP contribution in [-0.2, 0) is 4.74 Å². The maximum Gasteiger partial charge on any atom is 0.271 e. The van der Waals surface area contributed by atoms with Crippen LogP contribution >= 0.6 is 0 Å². The number of nitrogens with zero attached hydrogens (tertiary/aromatic N) is 2. The highest BCUT2D eigenvalue weighted by Gasteiger charge is 2.09. The minimum Gasteiger partial charge on any atom is -0.399 e. The van der Waals surface area contributed by atoms with E-state index in [2.05, 4.69) is 10.4 Å². The highest BCUT2D eigenvalue weighted by atomic mass is 16.5. The lowest BCUT2D eigenvalue weighted by Gasteiger charge is -2.03. The Hall–Kier alpha value is -2.34. The van der Waals surface area contributed by atoms with Crippen LogP contribution in [0.3, 0.4) is 0 Å². The molecule has 1 heterocycles. The Labute approximate surface area is 117 Å². The summed E-state index contributed by atoms with van der Waals surface area (Å²) in [5.74, 6) is -0.185. The van der Waals surface area contributed by atoms with Crippen molar-refractivity contribution < 1.29 is 9.53 Å². The molecule has 2 aromatic rings. The number of carbonyl (C=O) groups excluding carboxylic acids is 1. The van der Waals surface area contributed by atoms with Crippen LogP contribution in [0.2, 0.25) is 0 Å². The van der Waals surface area contributed by atoms with Crippen molar-refractivity contribution in [2.75, 3.05) is 26.0 Å². The summed E-state index contributed by atoms with van der Waals surface area (Å²) in [6.07, 6.45) is 2.52. The Bertz CT molecular complexity index is 563. The average Bonchev–Trinajstić information content (AvgIpc) is 2.94. The first-order valence-corrected chi connectivity index (χ1v) is 6.39. The monoisotopic (exact) mass is 274 g/mol. The number of nitrogen functional groups attached to an aromatic ring is 1. The van der Waals surface area contributed by atoms with Gasteiger partial charge in [0.25, 0.3) is 5.91 Å². The zero-order chi connectivity index (χ0) is 14.4. The number of nitrogens with two attached hydrogens (primary N) is 1. The standard InChI is InChI=1S/C14H18N4O2/c1-20-10-2-8-16-14(19)13-7-9-18(17-13)12-5-3-11(15)4-6-12/h3-7,9H,2,8,10,15H2,1H3,(H,16,19). The van der Waals surface area contributed by atoms with Gasteiger partial charge in [0, 0.05) is 32.1 Å². The summed E-state index contributed by atoms with van der Waals surface area (Å²) >= 11 is 0. The van der Waals surface area contributed by atoms with Crippen LogP contribution in [0.15, 0.2) is 36.5 Å². The highest BCUT2D eigenvalue weighted by Crippen LogP contribution is 2.10. The Morgan fingerprint density at radius 2 is 2.10 bits per heavy atom. The molecule has 6 heteroatoms. The summed E-state index contributed by atoms with van der Waals surface area (Å²) in [6.45, 7) is 1.20. The van der Waals surface area contributed by atoms with Gasteiger partial charge in [-0.3, -0.25) is 4.79 Å². The van der Waals surface area contributed by atoms with Gasteiger partial charge in [0.15, 0.2) is 5.69 Å². The zero-order valence-corrected chi connectivity index (χ0v) is 11.4. The molecule has 0 fully saturated rings. The molecule has 106 valence electrons. The Morgan fingerprint density at radius 3 is 2.80 bits per heavy atom. The summed E-state index contributed by atoms with van der Waals surface area (Å²) in [4.78, 5) is 11.9. The van der Waals surface area contributed by atoms with E-state index in [9.17, 15) is 4.79 Å². The van der Waals surface area contributed by atoms with E-state index >= 15 is 0 Å². The first-order chi connectivity index (χ1) is 9.70. The SMILES string of the molecule is COCCCNC(=O)c1ccn(-c2ccc(N)cc2)n1. The van der Waals surface area contributed by atoms with E-state index in [4.69, 9.17) is 10.5 Å². The maximum absolute atomic E-state index is 11.9. The summed E-state index contributed by atoms with van der Waals surface area (Å²) in [5.41, 5.74) is 7.57. The summed E-state index contributed by atoms with van der Waals surface area (Å²) in [7, 11) is 1.64. The second-order valence-corrected chi connectivity index (χ2v) is 4.34. The highest BCUT2D eigenvalue weighted by molar-refractivity contribution is 5.92. The third-order valence-electron chi connectivity index (χ3n) is 2.79. The predicted octanol–water partition coefficient (Wildman–Crippen LogP) is 1.22. The van der Waals surface area contributed by atoms with Gasteiger partial charge in [-0.2, -0.15) is 5.10 Å². The second kappa shape index (κ2) is 6.72. The van der Waals surface area contributed by atoms with E-state index in [-0.39, 0.29) is 5.91 Å². The summed E-state index contributed by atoms with van der Waals surface area (Å²) in [6, 6.07) is 8.97. The Balaban J connectivity index is 1.98. The molecule has 0 atom stereocenters. The quantitative estimate of drug-likeness (QED) is 0.613. The number of rotatable bonds is 6. The maximum atomic E-state index is 11.9. The summed E-state index contributed by atoms with van der Waals surface area (Å²) < 4.78 is 6.56. The lowest BCUT2D eigenvalue weighted by Crippen LogP contribution is -2.25. The molecule has 1 amide bonds. The zero-order valence-electron chi connectivity index (χ0n) is 11.4. The molecule has 1 aromatic heterocycles. The molecule has 1 aromatic carbocycles. The summed E-state index contributed by atoms with van der Waals surface area (Å²) in [5, 5.41) is 7.03. The van der Waals surface area contributed by atoms with Gasteiger partial charge in [0.2, 0.25) is 0 Å². The van der Waals surface area contributed by atoms with Gasteiger partial charge in [0.1, 0.15) is 0 Å². The Morgan fingerprint density at radius 1 is 1.35 bits per heavy atom. The molecule has 0 aliphatic rings. The lowest BCUT2D eigenvalue weighted by atomic mass is 10.3. The second-order valence-electron chi connectivity index (χ2n) is 4.34. The van der Waals surface area contributed by atoms with Crippen molar-refractivity contribution in [1.82, 2.24) is 15.1 Å². The first-order valence-electron chi connectivity index (χ1n) is 6.39. The first kappa shape index (κ1) is 14.1. The number of hydrogen-bond donors (Lipinski definition) is 2. The van der Waals surface area contributed by atoms with Crippen molar-refractivity contribution >= 4 is 11.6 Å². The van der Waals surface area contributed by atoms with E-state index in [1.165, 1.54) is 0 Å². The molecule has 3 N–H and O–H groups in total. The Kier molecular flexibility index (Phi) is 4.73. The molecule has 6 nitrogen and oxygen atoms in total. The fraction of sp³-hybridized carbons (Fsp3) is 0.286. The van der Waals surface area contributed by atoms with Crippen LogP contribution in [0.4, 0.5) is 5.69 Å². The van der Waals surface area contributed by atoms with Crippen molar-refractivity contribution in [2.45, 2.75) is 6.42 Å². The molecular formula is C14H18N4O2. The van der Waals surface area contributed by atoms with Crippen molar-refractivity contribution in [3.63, 3.8) is 0 Å². The van der Waals surface area contributed by atoms with E-state index in [0.717, 1.165) is 12.1 Å². The normalized spacial score (nSPS) is 10.4. The van der Waals surface area contributed by atoms with E-state index in [0.29, 0.717) is 24.5 Å². The van der Waals surface area contributed by atoms with Gasteiger partial charge in [-0.05, 0) is 36.8 Å². The number of benzene rings is 1. The van der Waals surface area contributed by atoms with Crippen molar-refractivity contribution in [3.8, 4) is 5.69 Å². The molecule has 0 spiro atoms. The van der Waals surface area contributed by atoms with Gasteiger partial charge in [-0.15, -0.1) is 0 Å². The van der Waals surface area contributed by atoms with E-state index in [1.807, 2.05) is 12.1 Å². The fourth-order valence-corrected chi connectivity index (χ4v) is 1.72. The van der Waals surface area contributed by atoms with Gasteiger partial charge < -0.3 is 15.8 Å². The van der Waals surface area contributed by atoms with Crippen LogP contribution in [0.5, 0.6) is 0 Å². The number of hydrogen-bond acceptors (Lipinski definition) is 4. The molecule has 0 saturated heterocycles. The number of nitrogens with one attached hydrogen (secondary N) is 1. The van der Waals surface area contributed by atoms with Crippen molar-refractivity contribution in [2.24, 2.45) is 0 Å². The molecule has 20 heavy (non-hydrogen) atoms. The largest absolute Gasteiger partial charge is 0.399 e. The van der Waals surface area contributed by atoms with Crippen molar-refractivity contribution in [1.29, 1.82) is 0 Å². The van der Waals surface area contributed by atoms with Gasteiger partial charge in [-0.25, -0.2) is 4.68 Å². The number of methoxy groups -OCH3 is 1. The number of amides is 1. The molecule has 0 radical (unpaired) electrons. The fourth-order valence-electron chi connectivity index (χ4n) is 1.72. The molecule has 0 aliphatic carbocycles. The van der Waals surface area contributed by atoms with Crippen LogP contribution in [-0.4, -0.2) is 35.9 Å². The topological polar surface area (TPSA) is 82.2 Å². The minimum absolute atomic E-state index is 0.185. The minimum atomic E-state index is -0.185. The third kappa shape index (κ3) is 3.58. The average molecular weight is 274 g/mol. The number of anilines is 1. The van der Waals surface area contributed by atoms with E-state index < -0.39 is 0 Å². The molecule has 0 saturated carbocycles. The van der Waals surface area contributed by atoms with Gasteiger partial charge in [0.05, 0.1) is 5.69 Å². The predicted molar refractivity (Wildman–Crippen MR) is 76.8 cm³/mol.